The fourth-order valence-corrected chi connectivity index (χ4v) is 4.01. The van der Waals surface area contributed by atoms with E-state index in [1.54, 1.807) is 48.9 Å². The number of benzene rings is 2. The molecule has 156 valence electrons. The predicted octanol–water partition coefficient (Wildman–Crippen LogP) is 3.21. The van der Waals surface area contributed by atoms with E-state index in [-0.39, 0.29) is 10.6 Å². The first-order chi connectivity index (χ1) is 14.3. The highest BCUT2D eigenvalue weighted by atomic mass is 35.5. The summed E-state index contributed by atoms with van der Waals surface area (Å²) in [6.07, 6.45) is 6.23. The summed E-state index contributed by atoms with van der Waals surface area (Å²) in [4.78, 5) is 23.3. The molecule has 30 heavy (non-hydrogen) atoms. The Morgan fingerprint density at radius 1 is 1.27 bits per heavy atom. The Morgan fingerprint density at radius 3 is 2.77 bits per heavy atom. The maximum atomic E-state index is 12.4. The van der Waals surface area contributed by atoms with Crippen LogP contribution in [-0.2, 0) is 16.3 Å². The summed E-state index contributed by atoms with van der Waals surface area (Å²) in [7, 11) is -3.58. The molecule has 0 saturated heterocycles. The number of imidazole rings is 1. The van der Waals surface area contributed by atoms with Crippen molar-refractivity contribution >= 4 is 45.1 Å². The summed E-state index contributed by atoms with van der Waals surface area (Å²) in [6, 6.07) is 11.4. The molecule has 3 aromatic rings. The lowest BCUT2D eigenvalue weighted by Gasteiger charge is -2.12. The lowest BCUT2D eigenvalue weighted by atomic mass is 10.2. The van der Waals surface area contributed by atoms with Gasteiger partial charge in [0.1, 0.15) is 4.90 Å². The molecule has 0 saturated carbocycles. The molecule has 0 aliphatic rings. The molecule has 1 heterocycles. The number of rotatable bonds is 8. The van der Waals surface area contributed by atoms with Crippen LogP contribution in [0.4, 0.5) is 11.4 Å². The Bertz CT molecular complexity index is 1160. The highest BCUT2D eigenvalue weighted by Gasteiger charge is 2.18. The van der Waals surface area contributed by atoms with Crippen LogP contribution in [0.3, 0.4) is 0 Å². The monoisotopic (exact) mass is 445 g/mol. The van der Waals surface area contributed by atoms with Gasteiger partial charge in [-0.2, -0.15) is 0 Å². The van der Waals surface area contributed by atoms with Gasteiger partial charge in [0.05, 0.1) is 24.0 Å². The molecule has 1 amide bonds. The number of amides is 1. The Labute approximate surface area is 179 Å². The molecule has 1 aromatic heterocycles. The van der Waals surface area contributed by atoms with Crippen LogP contribution in [0.2, 0.25) is 5.02 Å². The average molecular weight is 446 g/mol. The number of carbonyl (C=O) groups is 1. The number of sulfone groups is 1. The van der Waals surface area contributed by atoms with Gasteiger partial charge in [-0.05, 0) is 30.3 Å². The number of halogens is 1. The molecule has 0 atom stereocenters. The van der Waals surface area contributed by atoms with Gasteiger partial charge >= 0.3 is 0 Å². The number of carbonyl (C=O) groups excluding carboxylic acids is 1. The van der Waals surface area contributed by atoms with Crippen molar-refractivity contribution in [2.45, 2.75) is 11.3 Å². The smallest absolute Gasteiger partial charge is 0.256 e. The first-order valence-electron chi connectivity index (χ1n) is 8.98. The third-order valence-corrected chi connectivity index (χ3v) is 5.52. The first-order valence-corrected chi connectivity index (χ1v) is 11.2. The zero-order chi connectivity index (χ0) is 21.6. The Balaban J connectivity index is 1.76. The van der Waals surface area contributed by atoms with Crippen molar-refractivity contribution in [3.63, 3.8) is 0 Å². The van der Waals surface area contributed by atoms with Gasteiger partial charge in [0.2, 0.25) is 0 Å². The molecule has 0 unspecified atom stereocenters. The van der Waals surface area contributed by atoms with Crippen LogP contribution in [0, 0.1) is 0 Å². The predicted molar refractivity (Wildman–Crippen MR) is 117 cm³/mol. The molecular weight excluding hydrogens is 426 g/mol. The highest BCUT2D eigenvalue weighted by molar-refractivity contribution is 7.91. The summed E-state index contributed by atoms with van der Waals surface area (Å²) in [6.45, 7) is 0.503. The maximum absolute atomic E-state index is 12.4. The number of anilines is 1. The number of aromatic nitrogens is 2. The van der Waals surface area contributed by atoms with Gasteiger partial charge in [0.25, 0.3) is 5.91 Å². The van der Waals surface area contributed by atoms with Gasteiger partial charge in [-0.1, -0.05) is 23.7 Å². The van der Waals surface area contributed by atoms with E-state index in [1.807, 2.05) is 0 Å². The lowest BCUT2D eigenvalue weighted by Crippen LogP contribution is -2.21. The molecule has 0 fully saturated rings. The number of H-pyrrole nitrogens is 1. The normalized spacial score (nSPS) is 11.5. The number of nitrogens with zero attached hydrogens (tertiary/aromatic N) is 2. The number of nitrogens with one attached hydrogen (secondary N) is 3. The number of hydrogen-bond donors (Lipinski definition) is 3. The fourth-order valence-electron chi connectivity index (χ4n) is 2.78. The molecule has 3 rings (SSSR count). The van der Waals surface area contributed by atoms with Crippen LogP contribution in [0.15, 0.2) is 64.9 Å². The van der Waals surface area contributed by atoms with Crippen LogP contribution in [0.1, 0.15) is 16.1 Å². The van der Waals surface area contributed by atoms with Crippen molar-refractivity contribution in [2.75, 3.05) is 18.1 Å². The van der Waals surface area contributed by atoms with Gasteiger partial charge in [0, 0.05) is 41.7 Å². The Kier molecular flexibility index (Phi) is 6.86. The van der Waals surface area contributed by atoms with E-state index in [2.05, 4.69) is 25.6 Å². The SMILES string of the molecule is CS(=O)(=O)c1c(N=CNC(=O)c2cccc(Cl)c2)cccc1NCCc1cnc[nH]1. The molecule has 8 nitrogen and oxygen atoms in total. The van der Waals surface area contributed by atoms with Crippen molar-refractivity contribution < 1.29 is 13.2 Å². The van der Waals surface area contributed by atoms with Crippen molar-refractivity contribution in [1.82, 2.24) is 15.3 Å². The van der Waals surface area contributed by atoms with Crippen LogP contribution < -0.4 is 10.6 Å². The fraction of sp³-hybridized carbons (Fsp3) is 0.150. The lowest BCUT2D eigenvalue weighted by molar-refractivity contribution is 0.0978. The molecule has 0 radical (unpaired) electrons. The van der Waals surface area contributed by atoms with Crippen molar-refractivity contribution in [3.8, 4) is 0 Å². The van der Waals surface area contributed by atoms with E-state index in [9.17, 15) is 13.2 Å². The summed E-state index contributed by atoms with van der Waals surface area (Å²) in [5, 5.41) is 6.08. The second kappa shape index (κ2) is 9.55. The summed E-state index contributed by atoms with van der Waals surface area (Å²) < 4.78 is 24.8. The molecule has 10 heteroatoms. The van der Waals surface area contributed by atoms with E-state index in [0.717, 1.165) is 11.9 Å². The topological polar surface area (TPSA) is 116 Å². The molecule has 0 spiro atoms. The summed E-state index contributed by atoms with van der Waals surface area (Å²) in [5.41, 5.74) is 1.95. The Morgan fingerprint density at radius 2 is 2.07 bits per heavy atom. The largest absolute Gasteiger partial charge is 0.384 e. The van der Waals surface area contributed by atoms with Gasteiger partial charge in [0.15, 0.2) is 9.84 Å². The summed E-state index contributed by atoms with van der Waals surface area (Å²) >= 11 is 5.89. The van der Waals surface area contributed by atoms with Crippen molar-refractivity contribution in [3.05, 3.63) is 71.3 Å². The van der Waals surface area contributed by atoms with Gasteiger partial charge < -0.3 is 15.6 Å². The van der Waals surface area contributed by atoms with Crippen LogP contribution >= 0.6 is 11.6 Å². The minimum atomic E-state index is -3.58. The molecular formula is C20H20ClN5O3S. The second-order valence-electron chi connectivity index (χ2n) is 6.42. The summed E-state index contributed by atoms with van der Waals surface area (Å²) in [5.74, 6) is -0.406. The maximum Gasteiger partial charge on any atom is 0.256 e. The standard InChI is InChI=1S/C20H20ClN5O3S/c1-30(28,29)19-17(23-9-8-16-11-22-12-24-16)6-3-7-18(19)25-13-26-20(27)14-4-2-5-15(21)10-14/h2-7,10-13,23H,8-9H2,1H3,(H,22,24)(H,25,26,27). The van der Waals surface area contributed by atoms with Crippen molar-refractivity contribution in [1.29, 1.82) is 0 Å². The third kappa shape index (κ3) is 5.68. The van der Waals surface area contributed by atoms with Crippen LogP contribution in [0.5, 0.6) is 0 Å². The minimum absolute atomic E-state index is 0.0582. The van der Waals surface area contributed by atoms with Gasteiger partial charge in [-0.25, -0.2) is 18.4 Å². The zero-order valence-electron chi connectivity index (χ0n) is 16.1. The Hall–Kier alpha value is -3.17. The van der Waals surface area contributed by atoms with E-state index in [0.29, 0.717) is 29.2 Å². The quantitative estimate of drug-likeness (QED) is 0.363. The number of aromatic amines is 1. The molecule has 3 N–H and O–H groups in total. The first kappa shape index (κ1) is 21.5. The number of hydrogen-bond acceptors (Lipinski definition) is 6. The van der Waals surface area contributed by atoms with Crippen LogP contribution in [0.25, 0.3) is 0 Å². The van der Waals surface area contributed by atoms with Crippen molar-refractivity contribution in [2.24, 2.45) is 4.99 Å². The van der Waals surface area contributed by atoms with E-state index in [1.165, 1.54) is 12.4 Å². The molecule has 0 aliphatic carbocycles. The minimum Gasteiger partial charge on any atom is -0.384 e. The zero-order valence-corrected chi connectivity index (χ0v) is 17.7. The van der Waals surface area contributed by atoms with E-state index >= 15 is 0 Å². The van der Waals surface area contributed by atoms with Crippen LogP contribution in [-0.4, -0.2) is 43.4 Å². The molecule has 0 aliphatic heterocycles. The average Bonchev–Trinajstić information content (AvgIpc) is 3.20. The van der Waals surface area contributed by atoms with E-state index < -0.39 is 15.7 Å². The van der Waals surface area contributed by atoms with Gasteiger partial charge in [-0.15, -0.1) is 0 Å². The molecule has 0 bridgehead atoms. The second-order valence-corrected chi connectivity index (χ2v) is 8.81. The highest BCUT2D eigenvalue weighted by Crippen LogP contribution is 2.31. The van der Waals surface area contributed by atoms with E-state index in [4.69, 9.17) is 11.6 Å². The third-order valence-electron chi connectivity index (χ3n) is 4.12. The van der Waals surface area contributed by atoms with Gasteiger partial charge in [-0.3, -0.25) is 4.79 Å². The molecule has 2 aromatic carbocycles. The number of aliphatic imine (C=N–C) groups is 1.